The SMILES string of the molecule is CCN(CC)[C@H](CO)C(=O)OCc1ccccc1.O=C(O)C(F)(F)F. The molecule has 1 aromatic rings. The molecule has 2 N–H and O–H groups in total. The molecule has 0 heterocycles. The number of aliphatic hydroxyl groups excluding tert-OH is 1. The average Bonchev–Trinajstić information content (AvgIpc) is 2.58. The van der Waals surface area contributed by atoms with Gasteiger partial charge in [0.2, 0.25) is 0 Å². The number of hydrogen-bond donors (Lipinski definition) is 2. The summed E-state index contributed by atoms with van der Waals surface area (Å²) in [6, 6.07) is 8.95. The van der Waals surface area contributed by atoms with E-state index in [0.717, 1.165) is 5.56 Å². The number of aliphatic carboxylic acids is 1. The lowest BCUT2D eigenvalue weighted by Crippen LogP contribution is -2.44. The van der Waals surface area contributed by atoms with Gasteiger partial charge in [-0.3, -0.25) is 9.69 Å². The predicted molar refractivity (Wildman–Crippen MR) is 83.7 cm³/mol. The average molecular weight is 365 g/mol. The van der Waals surface area contributed by atoms with Crippen LogP contribution in [0.25, 0.3) is 0 Å². The molecule has 1 aromatic carbocycles. The van der Waals surface area contributed by atoms with E-state index < -0.39 is 18.2 Å². The quantitative estimate of drug-likeness (QED) is 0.720. The number of rotatable bonds is 7. The van der Waals surface area contributed by atoms with Gasteiger partial charge >= 0.3 is 18.1 Å². The van der Waals surface area contributed by atoms with E-state index in [1.54, 1.807) is 0 Å². The van der Waals surface area contributed by atoms with Crippen LogP contribution in [0.2, 0.25) is 0 Å². The van der Waals surface area contributed by atoms with Gasteiger partial charge in [-0.2, -0.15) is 13.2 Å². The summed E-state index contributed by atoms with van der Waals surface area (Å²) in [6.07, 6.45) is -5.08. The number of halogens is 3. The normalized spacial score (nSPS) is 12.1. The molecule has 0 amide bonds. The van der Waals surface area contributed by atoms with E-state index in [-0.39, 0.29) is 19.2 Å². The number of ether oxygens (including phenoxy) is 1. The van der Waals surface area contributed by atoms with Gasteiger partial charge in [-0.1, -0.05) is 44.2 Å². The summed E-state index contributed by atoms with van der Waals surface area (Å²) < 4.78 is 37.0. The Hall–Kier alpha value is -2.13. The Bertz CT molecular complexity index is 518. The second-order valence-electron chi connectivity index (χ2n) is 4.82. The number of aliphatic hydroxyl groups is 1. The number of carbonyl (C=O) groups excluding carboxylic acids is 1. The van der Waals surface area contributed by atoms with Gasteiger partial charge in [0.05, 0.1) is 6.61 Å². The lowest BCUT2D eigenvalue weighted by atomic mass is 10.2. The molecule has 0 fully saturated rings. The highest BCUT2D eigenvalue weighted by atomic mass is 19.4. The van der Waals surface area contributed by atoms with Gasteiger partial charge in [-0.15, -0.1) is 0 Å². The fourth-order valence-corrected chi connectivity index (χ4v) is 1.83. The van der Waals surface area contributed by atoms with Crippen molar-refractivity contribution in [2.45, 2.75) is 32.7 Å². The van der Waals surface area contributed by atoms with Crippen molar-refractivity contribution in [2.24, 2.45) is 0 Å². The number of likely N-dealkylation sites (N-methyl/N-ethyl adjacent to an activating group) is 1. The van der Waals surface area contributed by atoms with E-state index in [1.165, 1.54) is 0 Å². The van der Waals surface area contributed by atoms with Crippen molar-refractivity contribution >= 4 is 11.9 Å². The Balaban J connectivity index is 0.000000697. The largest absolute Gasteiger partial charge is 0.490 e. The first-order chi connectivity index (χ1) is 11.7. The summed E-state index contributed by atoms with van der Waals surface area (Å²) in [6.45, 7) is 5.37. The van der Waals surface area contributed by atoms with E-state index in [4.69, 9.17) is 14.6 Å². The number of carboxylic acid groups (broad SMARTS) is 1. The van der Waals surface area contributed by atoms with Crippen molar-refractivity contribution in [2.75, 3.05) is 19.7 Å². The molecule has 0 aliphatic rings. The molecule has 0 aliphatic heterocycles. The van der Waals surface area contributed by atoms with Gasteiger partial charge in [0, 0.05) is 0 Å². The van der Waals surface area contributed by atoms with Crippen molar-refractivity contribution in [3.8, 4) is 0 Å². The Morgan fingerprint density at radius 1 is 1.16 bits per heavy atom. The van der Waals surface area contributed by atoms with Gasteiger partial charge in [-0.05, 0) is 18.7 Å². The highest BCUT2D eigenvalue weighted by Gasteiger charge is 2.38. The molecule has 0 saturated carbocycles. The molecule has 25 heavy (non-hydrogen) atoms. The molecule has 1 rings (SSSR count). The number of carboxylic acids is 1. The Morgan fingerprint density at radius 2 is 1.64 bits per heavy atom. The van der Waals surface area contributed by atoms with E-state index in [2.05, 4.69) is 0 Å². The fraction of sp³-hybridized carbons (Fsp3) is 0.500. The highest BCUT2D eigenvalue weighted by Crippen LogP contribution is 2.13. The smallest absolute Gasteiger partial charge is 0.475 e. The molecule has 6 nitrogen and oxygen atoms in total. The lowest BCUT2D eigenvalue weighted by molar-refractivity contribution is -0.192. The van der Waals surface area contributed by atoms with Gasteiger partial charge in [0.25, 0.3) is 0 Å². The summed E-state index contributed by atoms with van der Waals surface area (Å²) in [4.78, 5) is 22.7. The van der Waals surface area contributed by atoms with Crippen molar-refractivity contribution in [1.82, 2.24) is 4.90 Å². The molecular weight excluding hydrogens is 343 g/mol. The summed E-state index contributed by atoms with van der Waals surface area (Å²) >= 11 is 0. The first-order valence-corrected chi connectivity index (χ1v) is 7.52. The van der Waals surface area contributed by atoms with Crippen LogP contribution in [-0.2, 0) is 20.9 Å². The standard InChI is InChI=1S/C14H21NO3.C2HF3O2/c1-3-15(4-2)13(10-16)14(17)18-11-12-8-6-5-7-9-12;3-2(4,5)1(6)7/h5-9,13,16H,3-4,10-11H2,1-2H3;(H,6,7)/t13-;/m1./s1. The van der Waals surface area contributed by atoms with E-state index in [0.29, 0.717) is 13.1 Å². The van der Waals surface area contributed by atoms with Gasteiger partial charge in [0.1, 0.15) is 12.6 Å². The Morgan fingerprint density at radius 3 is 2.00 bits per heavy atom. The first kappa shape index (κ1) is 22.9. The minimum atomic E-state index is -5.08. The molecule has 142 valence electrons. The number of nitrogens with zero attached hydrogens (tertiary/aromatic N) is 1. The van der Waals surface area contributed by atoms with Gasteiger partial charge in [0.15, 0.2) is 0 Å². The number of carbonyl (C=O) groups is 2. The van der Waals surface area contributed by atoms with Crippen LogP contribution in [0, 0.1) is 0 Å². The molecule has 0 bridgehead atoms. The third-order valence-corrected chi connectivity index (χ3v) is 3.16. The monoisotopic (exact) mass is 365 g/mol. The maximum absolute atomic E-state index is 11.9. The molecule has 0 spiro atoms. The van der Waals surface area contributed by atoms with Gasteiger partial charge in [-0.25, -0.2) is 4.79 Å². The third-order valence-electron chi connectivity index (χ3n) is 3.16. The summed E-state index contributed by atoms with van der Waals surface area (Å²) in [5.74, 6) is -3.13. The first-order valence-electron chi connectivity index (χ1n) is 7.52. The Kier molecular flexibility index (Phi) is 10.5. The van der Waals surface area contributed by atoms with Crippen LogP contribution in [0.15, 0.2) is 30.3 Å². The predicted octanol–water partition coefficient (Wildman–Crippen LogP) is 2.07. The van der Waals surface area contributed by atoms with Crippen LogP contribution in [0.3, 0.4) is 0 Å². The summed E-state index contributed by atoms with van der Waals surface area (Å²) in [7, 11) is 0. The maximum atomic E-state index is 11.9. The molecule has 1 atom stereocenters. The maximum Gasteiger partial charge on any atom is 0.490 e. The Labute approximate surface area is 143 Å². The van der Waals surface area contributed by atoms with Crippen molar-refractivity contribution in [3.05, 3.63) is 35.9 Å². The molecular formula is C16H22F3NO5. The second kappa shape index (κ2) is 11.4. The zero-order valence-corrected chi connectivity index (χ0v) is 14.0. The van der Waals surface area contributed by atoms with E-state index >= 15 is 0 Å². The summed E-state index contributed by atoms with van der Waals surface area (Å²) in [5, 5.41) is 16.4. The van der Waals surface area contributed by atoms with Crippen molar-refractivity contribution in [3.63, 3.8) is 0 Å². The van der Waals surface area contributed by atoms with Crippen LogP contribution >= 0.6 is 0 Å². The zero-order chi connectivity index (χ0) is 19.5. The molecule has 0 unspecified atom stereocenters. The highest BCUT2D eigenvalue weighted by molar-refractivity contribution is 5.76. The van der Waals surface area contributed by atoms with E-state index in [1.807, 2.05) is 49.1 Å². The van der Waals surface area contributed by atoms with Crippen LogP contribution in [0.5, 0.6) is 0 Å². The van der Waals surface area contributed by atoms with Crippen LogP contribution in [-0.4, -0.2) is 59.0 Å². The molecule has 9 heteroatoms. The molecule has 0 aliphatic carbocycles. The molecule has 0 radical (unpaired) electrons. The van der Waals surface area contributed by atoms with Crippen molar-refractivity contribution < 1.29 is 37.7 Å². The fourth-order valence-electron chi connectivity index (χ4n) is 1.83. The number of hydrogen-bond acceptors (Lipinski definition) is 5. The van der Waals surface area contributed by atoms with Crippen molar-refractivity contribution in [1.29, 1.82) is 0 Å². The number of esters is 1. The molecule has 0 aromatic heterocycles. The van der Waals surface area contributed by atoms with Crippen LogP contribution in [0.4, 0.5) is 13.2 Å². The summed E-state index contributed by atoms with van der Waals surface area (Å²) in [5.41, 5.74) is 0.946. The lowest BCUT2D eigenvalue weighted by Gasteiger charge is -2.26. The number of alkyl halides is 3. The third kappa shape index (κ3) is 9.06. The van der Waals surface area contributed by atoms with Crippen LogP contribution < -0.4 is 0 Å². The number of benzene rings is 1. The minimum Gasteiger partial charge on any atom is -0.475 e. The topological polar surface area (TPSA) is 87.1 Å². The minimum absolute atomic E-state index is 0.213. The van der Waals surface area contributed by atoms with Gasteiger partial charge < -0.3 is 14.9 Å². The van der Waals surface area contributed by atoms with Crippen LogP contribution in [0.1, 0.15) is 19.4 Å². The van der Waals surface area contributed by atoms with E-state index in [9.17, 15) is 23.1 Å². The second-order valence-corrected chi connectivity index (χ2v) is 4.82. The molecule has 0 saturated heterocycles. The zero-order valence-electron chi connectivity index (χ0n) is 14.0.